The summed E-state index contributed by atoms with van der Waals surface area (Å²) in [5.74, 6) is -0.325. The van der Waals surface area contributed by atoms with Crippen molar-refractivity contribution in [3.05, 3.63) is 0 Å². The fourth-order valence-corrected chi connectivity index (χ4v) is 0.389. The maximum absolute atomic E-state index is 10.8. The number of carbonyl (C=O) groups excluding carboxylic acids is 1. The lowest BCUT2D eigenvalue weighted by atomic mass is 10.3. The third-order valence-corrected chi connectivity index (χ3v) is 1.26. The Labute approximate surface area is 73.7 Å². The summed E-state index contributed by atoms with van der Waals surface area (Å²) in [6.07, 6.45) is 0.817. The maximum atomic E-state index is 10.8. The van der Waals surface area contributed by atoms with Gasteiger partial charge in [-0.25, -0.2) is 0 Å². The molecule has 0 aromatic carbocycles. The van der Waals surface area contributed by atoms with Gasteiger partial charge in [-0.15, -0.1) is 12.4 Å². The van der Waals surface area contributed by atoms with Gasteiger partial charge in [-0.05, 0) is 20.3 Å². The van der Waals surface area contributed by atoms with Gasteiger partial charge in [0.1, 0.15) is 6.04 Å². The minimum Gasteiger partial charge on any atom is -0.462 e. The highest BCUT2D eigenvalue weighted by atomic mass is 35.5. The number of hydrogen-bond donors (Lipinski definition) is 1. The third kappa shape index (κ3) is 6.13. The van der Waals surface area contributed by atoms with Crippen LogP contribution in [0.1, 0.15) is 27.2 Å². The molecule has 0 aromatic rings. The van der Waals surface area contributed by atoms with Crippen LogP contribution in [0.2, 0.25) is 0 Å². The first-order valence-corrected chi connectivity index (χ1v) is 3.54. The molecule has 0 saturated carbocycles. The molecular weight excluding hydrogens is 166 g/mol. The Morgan fingerprint density at radius 3 is 2.27 bits per heavy atom. The summed E-state index contributed by atoms with van der Waals surface area (Å²) in [5.41, 5.74) is 5.26. The lowest BCUT2D eigenvalue weighted by molar-refractivity contribution is -0.149. The average Bonchev–Trinajstić information content (AvgIpc) is 1.87. The van der Waals surface area contributed by atoms with E-state index in [0.29, 0.717) is 0 Å². The maximum Gasteiger partial charge on any atom is 0.322 e. The van der Waals surface area contributed by atoms with Crippen molar-refractivity contribution in [3.8, 4) is 0 Å². The standard InChI is InChI=1S/C7H15NO2.ClH/c1-4-5(2)10-7(9)6(3)8;/h5-6H,4,8H2,1-3H3;1H/t5-,6+;/m0./s1. The molecule has 0 aliphatic carbocycles. The molecule has 0 spiro atoms. The fraction of sp³-hybridized carbons (Fsp3) is 0.857. The van der Waals surface area contributed by atoms with E-state index in [2.05, 4.69) is 0 Å². The van der Waals surface area contributed by atoms with Crippen LogP contribution in [0.5, 0.6) is 0 Å². The second-order valence-corrected chi connectivity index (χ2v) is 2.44. The number of rotatable bonds is 3. The molecular formula is C7H16ClNO2. The van der Waals surface area contributed by atoms with E-state index in [1.165, 1.54) is 0 Å². The van der Waals surface area contributed by atoms with Gasteiger partial charge in [-0.3, -0.25) is 4.79 Å². The zero-order valence-corrected chi connectivity index (χ0v) is 7.98. The summed E-state index contributed by atoms with van der Waals surface area (Å²) >= 11 is 0. The van der Waals surface area contributed by atoms with Gasteiger partial charge in [0.15, 0.2) is 0 Å². The van der Waals surface area contributed by atoms with E-state index in [4.69, 9.17) is 10.5 Å². The number of ether oxygens (including phenoxy) is 1. The summed E-state index contributed by atoms with van der Waals surface area (Å²) in [6, 6.07) is -0.506. The van der Waals surface area contributed by atoms with Crippen LogP contribution in [-0.4, -0.2) is 18.1 Å². The Morgan fingerprint density at radius 1 is 1.55 bits per heavy atom. The van der Waals surface area contributed by atoms with Crippen LogP contribution in [0.4, 0.5) is 0 Å². The first-order chi connectivity index (χ1) is 4.57. The molecule has 0 saturated heterocycles. The Morgan fingerprint density at radius 2 is 2.00 bits per heavy atom. The number of halogens is 1. The average molecular weight is 182 g/mol. The summed E-state index contributed by atoms with van der Waals surface area (Å²) < 4.78 is 4.90. The van der Waals surface area contributed by atoms with Crippen LogP contribution in [-0.2, 0) is 9.53 Å². The third-order valence-electron chi connectivity index (χ3n) is 1.26. The number of carbonyl (C=O) groups is 1. The summed E-state index contributed by atoms with van der Waals surface area (Å²) in [4.78, 5) is 10.8. The highest BCUT2D eigenvalue weighted by Gasteiger charge is 2.11. The molecule has 0 fully saturated rings. The van der Waals surface area contributed by atoms with Crippen molar-refractivity contribution in [1.82, 2.24) is 0 Å². The largest absolute Gasteiger partial charge is 0.462 e. The van der Waals surface area contributed by atoms with Crippen LogP contribution >= 0.6 is 12.4 Å². The molecule has 0 heterocycles. The summed E-state index contributed by atoms with van der Waals surface area (Å²) in [5, 5.41) is 0. The normalized spacial score (nSPS) is 14.5. The van der Waals surface area contributed by atoms with Gasteiger partial charge >= 0.3 is 5.97 Å². The molecule has 68 valence electrons. The highest BCUT2D eigenvalue weighted by molar-refractivity contribution is 5.85. The quantitative estimate of drug-likeness (QED) is 0.664. The van der Waals surface area contributed by atoms with Gasteiger partial charge in [0.05, 0.1) is 6.10 Å². The predicted molar refractivity (Wildman–Crippen MR) is 46.7 cm³/mol. The van der Waals surface area contributed by atoms with Crippen molar-refractivity contribution in [2.45, 2.75) is 39.3 Å². The van der Waals surface area contributed by atoms with E-state index >= 15 is 0 Å². The van der Waals surface area contributed by atoms with Gasteiger partial charge in [-0.1, -0.05) is 6.92 Å². The first kappa shape index (κ1) is 13.3. The Kier molecular flexibility index (Phi) is 7.79. The van der Waals surface area contributed by atoms with Crippen molar-refractivity contribution in [3.63, 3.8) is 0 Å². The first-order valence-electron chi connectivity index (χ1n) is 3.54. The second kappa shape index (κ2) is 6.43. The summed E-state index contributed by atoms with van der Waals surface area (Å²) in [6.45, 7) is 5.42. The Bertz CT molecular complexity index is 117. The van der Waals surface area contributed by atoms with E-state index in [-0.39, 0.29) is 24.5 Å². The second-order valence-electron chi connectivity index (χ2n) is 2.44. The zero-order valence-electron chi connectivity index (χ0n) is 7.16. The van der Waals surface area contributed by atoms with Crippen molar-refractivity contribution in [2.75, 3.05) is 0 Å². The summed E-state index contributed by atoms with van der Waals surface area (Å²) in [7, 11) is 0. The van der Waals surface area contributed by atoms with Gasteiger partial charge in [-0.2, -0.15) is 0 Å². The SMILES string of the molecule is CC[C@H](C)OC(=O)[C@@H](C)N.Cl. The Hall–Kier alpha value is -0.280. The van der Waals surface area contributed by atoms with Crippen molar-refractivity contribution < 1.29 is 9.53 Å². The van der Waals surface area contributed by atoms with E-state index < -0.39 is 6.04 Å². The minimum atomic E-state index is -0.506. The van der Waals surface area contributed by atoms with E-state index in [9.17, 15) is 4.79 Å². The smallest absolute Gasteiger partial charge is 0.322 e. The molecule has 0 aliphatic rings. The van der Waals surface area contributed by atoms with Crippen molar-refractivity contribution >= 4 is 18.4 Å². The molecule has 0 amide bonds. The molecule has 11 heavy (non-hydrogen) atoms. The topological polar surface area (TPSA) is 52.3 Å². The van der Waals surface area contributed by atoms with Gasteiger partial charge < -0.3 is 10.5 Å². The molecule has 0 radical (unpaired) electrons. The molecule has 0 aromatic heterocycles. The zero-order chi connectivity index (χ0) is 8.15. The lowest BCUT2D eigenvalue weighted by Gasteiger charge is -2.11. The molecule has 0 unspecified atom stereocenters. The number of esters is 1. The molecule has 0 aliphatic heterocycles. The predicted octanol–water partition coefficient (Wildman–Crippen LogP) is 1.10. The Balaban J connectivity index is 0. The molecule has 2 N–H and O–H groups in total. The van der Waals surface area contributed by atoms with Crippen LogP contribution in [0.15, 0.2) is 0 Å². The van der Waals surface area contributed by atoms with Crippen molar-refractivity contribution in [2.24, 2.45) is 5.73 Å². The lowest BCUT2D eigenvalue weighted by Crippen LogP contribution is -2.31. The fourth-order valence-electron chi connectivity index (χ4n) is 0.389. The van der Waals surface area contributed by atoms with E-state index in [1.807, 2.05) is 13.8 Å². The van der Waals surface area contributed by atoms with Crippen LogP contribution in [0.3, 0.4) is 0 Å². The van der Waals surface area contributed by atoms with E-state index in [1.54, 1.807) is 6.92 Å². The highest BCUT2D eigenvalue weighted by Crippen LogP contribution is 1.97. The number of hydrogen-bond acceptors (Lipinski definition) is 3. The van der Waals surface area contributed by atoms with Gasteiger partial charge in [0.25, 0.3) is 0 Å². The number of nitrogens with two attached hydrogens (primary N) is 1. The molecule has 0 bridgehead atoms. The molecule has 4 heteroatoms. The van der Waals surface area contributed by atoms with E-state index in [0.717, 1.165) is 6.42 Å². The van der Waals surface area contributed by atoms with Crippen molar-refractivity contribution in [1.29, 1.82) is 0 Å². The van der Waals surface area contributed by atoms with Crippen LogP contribution in [0, 0.1) is 0 Å². The molecule has 3 nitrogen and oxygen atoms in total. The monoisotopic (exact) mass is 181 g/mol. The van der Waals surface area contributed by atoms with Crippen LogP contribution < -0.4 is 5.73 Å². The molecule has 0 rings (SSSR count). The molecule has 2 atom stereocenters. The minimum absolute atomic E-state index is 0. The van der Waals surface area contributed by atoms with Gasteiger partial charge in [0.2, 0.25) is 0 Å². The van der Waals surface area contributed by atoms with Crippen LogP contribution in [0.25, 0.3) is 0 Å². The van der Waals surface area contributed by atoms with Gasteiger partial charge in [0, 0.05) is 0 Å².